The van der Waals surface area contributed by atoms with Crippen LogP contribution in [0.2, 0.25) is 0 Å². The standard InChI is InChI=1S/C20H13F5N4/c21-19(22)10-13(19)9-16-27-28-18-17(20(23,24)25)14(5-7-29(16)18)11-3-4-15-12(8-11)2-1-6-26-15/h1-8,13H,9-10H2/t13-/m1/s1. The van der Waals surface area contributed by atoms with Gasteiger partial charge in [0.25, 0.3) is 5.92 Å². The molecular formula is C20H13F5N4. The van der Waals surface area contributed by atoms with Crippen LogP contribution in [0.3, 0.4) is 0 Å². The second-order valence-electron chi connectivity index (χ2n) is 7.19. The van der Waals surface area contributed by atoms with Gasteiger partial charge in [0, 0.05) is 36.5 Å². The zero-order valence-corrected chi connectivity index (χ0v) is 14.8. The Bertz CT molecular complexity index is 1240. The van der Waals surface area contributed by atoms with Gasteiger partial charge < -0.3 is 0 Å². The highest BCUT2D eigenvalue weighted by Crippen LogP contribution is 2.50. The lowest BCUT2D eigenvalue weighted by Crippen LogP contribution is -2.11. The predicted octanol–water partition coefficient (Wildman–Crippen LogP) is 5.16. The van der Waals surface area contributed by atoms with Crippen LogP contribution in [-0.2, 0) is 12.6 Å². The molecule has 1 aliphatic rings. The highest BCUT2D eigenvalue weighted by molar-refractivity contribution is 5.86. The number of fused-ring (bicyclic) bond motifs is 2. The normalized spacial score (nSPS) is 18.4. The Morgan fingerprint density at radius 2 is 1.90 bits per heavy atom. The topological polar surface area (TPSA) is 43.1 Å². The number of hydrogen-bond acceptors (Lipinski definition) is 3. The van der Waals surface area contributed by atoms with Gasteiger partial charge in [-0.25, -0.2) is 8.78 Å². The Morgan fingerprint density at radius 1 is 1.10 bits per heavy atom. The van der Waals surface area contributed by atoms with E-state index >= 15 is 0 Å². The summed E-state index contributed by atoms with van der Waals surface area (Å²) in [4.78, 5) is 4.18. The summed E-state index contributed by atoms with van der Waals surface area (Å²) in [7, 11) is 0. The van der Waals surface area contributed by atoms with E-state index in [1.807, 2.05) is 0 Å². The van der Waals surface area contributed by atoms with E-state index in [-0.39, 0.29) is 29.9 Å². The van der Waals surface area contributed by atoms with Crippen molar-refractivity contribution in [2.45, 2.75) is 24.9 Å². The van der Waals surface area contributed by atoms with Crippen LogP contribution in [0.15, 0.2) is 48.8 Å². The molecule has 0 spiro atoms. The summed E-state index contributed by atoms with van der Waals surface area (Å²) in [6, 6.07) is 9.65. The first-order valence-corrected chi connectivity index (χ1v) is 8.91. The van der Waals surface area contributed by atoms with Gasteiger partial charge in [0.05, 0.1) is 5.52 Å². The van der Waals surface area contributed by atoms with E-state index in [9.17, 15) is 22.0 Å². The molecule has 1 fully saturated rings. The van der Waals surface area contributed by atoms with Crippen LogP contribution in [0.25, 0.3) is 27.7 Å². The summed E-state index contributed by atoms with van der Waals surface area (Å²) in [5, 5.41) is 8.17. The summed E-state index contributed by atoms with van der Waals surface area (Å²) in [6.45, 7) is 0. The van der Waals surface area contributed by atoms with E-state index in [1.54, 1.807) is 36.5 Å². The van der Waals surface area contributed by atoms with Crippen LogP contribution in [0.5, 0.6) is 0 Å². The van der Waals surface area contributed by atoms with E-state index in [0.29, 0.717) is 16.5 Å². The summed E-state index contributed by atoms with van der Waals surface area (Å²) in [5.41, 5.74) is -0.351. The van der Waals surface area contributed by atoms with Crippen molar-refractivity contribution in [3.8, 4) is 11.1 Å². The number of rotatable bonds is 3. The van der Waals surface area contributed by atoms with Gasteiger partial charge >= 0.3 is 6.18 Å². The highest BCUT2D eigenvalue weighted by atomic mass is 19.4. The Morgan fingerprint density at radius 3 is 2.62 bits per heavy atom. The molecule has 148 valence electrons. The van der Waals surface area contributed by atoms with E-state index in [4.69, 9.17) is 0 Å². The van der Waals surface area contributed by atoms with Crippen LogP contribution in [0.1, 0.15) is 17.8 Å². The van der Waals surface area contributed by atoms with E-state index < -0.39 is 23.6 Å². The molecule has 1 aliphatic carbocycles. The molecule has 0 amide bonds. The average Bonchev–Trinajstić information content (AvgIpc) is 3.08. The summed E-state index contributed by atoms with van der Waals surface area (Å²) < 4.78 is 69.5. The van der Waals surface area contributed by atoms with Crippen molar-refractivity contribution in [2.75, 3.05) is 0 Å². The van der Waals surface area contributed by atoms with Crippen molar-refractivity contribution in [1.82, 2.24) is 19.6 Å². The molecular weight excluding hydrogens is 391 g/mol. The largest absolute Gasteiger partial charge is 0.420 e. The Labute approximate surface area is 161 Å². The maximum Gasteiger partial charge on any atom is 0.420 e. The molecule has 0 aliphatic heterocycles. The quantitative estimate of drug-likeness (QED) is 0.443. The SMILES string of the molecule is FC(F)(F)c1c(-c2ccc3ncccc3c2)ccn2c(C[C@@H]3CC3(F)F)nnc12. The van der Waals surface area contributed by atoms with Gasteiger partial charge in [0.2, 0.25) is 0 Å². The molecule has 1 saturated carbocycles. The first-order valence-electron chi connectivity index (χ1n) is 8.91. The third-order valence-corrected chi connectivity index (χ3v) is 5.23. The summed E-state index contributed by atoms with van der Waals surface area (Å²) >= 11 is 0. The molecule has 0 N–H and O–H groups in total. The fourth-order valence-corrected chi connectivity index (χ4v) is 3.62. The average molecular weight is 404 g/mol. The predicted molar refractivity (Wildman–Crippen MR) is 95.5 cm³/mol. The minimum absolute atomic E-state index is 0.0496. The van der Waals surface area contributed by atoms with Crippen molar-refractivity contribution in [1.29, 1.82) is 0 Å². The second-order valence-corrected chi connectivity index (χ2v) is 7.19. The van der Waals surface area contributed by atoms with Gasteiger partial charge in [0.1, 0.15) is 11.4 Å². The fraction of sp³-hybridized carbons (Fsp3) is 0.250. The number of halogens is 5. The molecule has 0 radical (unpaired) electrons. The van der Waals surface area contributed by atoms with Crippen molar-refractivity contribution in [3.05, 3.63) is 60.2 Å². The van der Waals surface area contributed by atoms with Crippen LogP contribution < -0.4 is 0 Å². The van der Waals surface area contributed by atoms with Gasteiger partial charge in [-0.1, -0.05) is 12.1 Å². The van der Waals surface area contributed by atoms with E-state index in [0.717, 1.165) is 4.40 Å². The van der Waals surface area contributed by atoms with Gasteiger partial charge in [-0.05, 0) is 35.4 Å². The van der Waals surface area contributed by atoms with Crippen molar-refractivity contribution in [3.63, 3.8) is 0 Å². The number of benzene rings is 1. The number of aromatic nitrogens is 4. The van der Waals surface area contributed by atoms with Gasteiger partial charge in [-0.2, -0.15) is 13.2 Å². The lowest BCUT2D eigenvalue weighted by atomic mass is 9.99. The number of pyridine rings is 2. The molecule has 29 heavy (non-hydrogen) atoms. The van der Waals surface area contributed by atoms with E-state index in [2.05, 4.69) is 15.2 Å². The van der Waals surface area contributed by atoms with Crippen molar-refractivity contribution >= 4 is 16.6 Å². The van der Waals surface area contributed by atoms with Crippen LogP contribution >= 0.6 is 0 Å². The molecule has 0 unspecified atom stereocenters. The zero-order valence-electron chi connectivity index (χ0n) is 14.8. The number of nitrogens with zero attached hydrogens (tertiary/aromatic N) is 4. The first-order chi connectivity index (χ1) is 13.7. The molecule has 3 heterocycles. The highest BCUT2D eigenvalue weighted by Gasteiger charge is 2.57. The number of hydrogen-bond donors (Lipinski definition) is 0. The molecule has 5 rings (SSSR count). The maximum absolute atomic E-state index is 14.0. The third-order valence-electron chi connectivity index (χ3n) is 5.23. The lowest BCUT2D eigenvalue weighted by Gasteiger charge is -2.14. The third kappa shape index (κ3) is 3.01. The zero-order chi connectivity index (χ0) is 20.4. The fourth-order valence-electron chi connectivity index (χ4n) is 3.62. The van der Waals surface area contributed by atoms with Gasteiger partial charge in [-0.15, -0.1) is 10.2 Å². The molecule has 1 aromatic carbocycles. The lowest BCUT2D eigenvalue weighted by molar-refractivity contribution is -0.136. The molecule has 3 aromatic heterocycles. The molecule has 0 bridgehead atoms. The second kappa shape index (κ2) is 5.95. The summed E-state index contributed by atoms with van der Waals surface area (Å²) in [5.74, 6) is -3.59. The monoisotopic (exact) mass is 404 g/mol. The molecule has 4 aromatic rings. The Balaban J connectivity index is 1.67. The Hall–Kier alpha value is -3.10. The van der Waals surface area contributed by atoms with Crippen molar-refractivity contribution < 1.29 is 22.0 Å². The Kier molecular flexibility index (Phi) is 3.68. The number of alkyl halides is 5. The van der Waals surface area contributed by atoms with Crippen molar-refractivity contribution in [2.24, 2.45) is 5.92 Å². The molecule has 0 saturated heterocycles. The minimum Gasteiger partial charge on any atom is -0.286 e. The first kappa shape index (κ1) is 18.0. The summed E-state index contributed by atoms with van der Waals surface area (Å²) in [6.07, 6.45) is -2.08. The van der Waals surface area contributed by atoms with Gasteiger partial charge in [0.15, 0.2) is 5.65 Å². The molecule has 9 heteroatoms. The van der Waals surface area contributed by atoms with Crippen LogP contribution in [-0.4, -0.2) is 25.5 Å². The van der Waals surface area contributed by atoms with E-state index in [1.165, 1.54) is 12.3 Å². The molecule has 1 atom stereocenters. The minimum atomic E-state index is -4.70. The van der Waals surface area contributed by atoms with Gasteiger partial charge in [-0.3, -0.25) is 9.38 Å². The van der Waals surface area contributed by atoms with Crippen LogP contribution in [0.4, 0.5) is 22.0 Å². The molecule has 4 nitrogen and oxygen atoms in total. The van der Waals surface area contributed by atoms with Crippen LogP contribution in [0, 0.1) is 5.92 Å². The smallest absolute Gasteiger partial charge is 0.286 e. The maximum atomic E-state index is 14.0.